The van der Waals surface area contributed by atoms with Crippen LogP contribution in [0.3, 0.4) is 0 Å². The van der Waals surface area contributed by atoms with Gasteiger partial charge in [0.05, 0.1) is 12.7 Å². The maximum atomic E-state index is 12.4. The Morgan fingerprint density at radius 1 is 1.12 bits per heavy atom. The molecule has 0 spiro atoms. The van der Waals surface area contributed by atoms with Crippen LogP contribution in [-0.2, 0) is 4.79 Å². The zero-order chi connectivity index (χ0) is 17.1. The van der Waals surface area contributed by atoms with Crippen molar-refractivity contribution in [2.24, 2.45) is 0 Å². The van der Waals surface area contributed by atoms with E-state index >= 15 is 0 Å². The van der Waals surface area contributed by atoms with E-state index in [1.54, 1.807) is 31.4 Å². The lowest BCUT2D eigenvalue weighted by atomic mass is 10.1. The predicted molar refractivity (Wildman–Crippen MR) is 88.5 cm³/mol. The van der Waals surface area contributed by atoms with Crippen LogP contribution in [0.5, 0.6) is 17.2 Å². The van der Waals surface area contributed by atoms with Gasteiger partial charge in [-0.3, -0.25) is 9.59 Å². The number of hydrogen-bond donors (Lipinski definition) is 0. The molecule has 24 heavy (non-hydrogen) atoms. The molecule has 0 saturated heterocycles. The average molecular weight is 324 g/mol. The number of carbonyl (C=O) groups is 2. The number of ether oxygens (including phenoxy) is 3. The third-order valence-corrected chi connectivity index (χ3v) is 3.50. The summed E-state index contributed by atoms with van der Waals surface area (Å²) >= 11 is 0. The van der Waals surface area contributed by atoms with Crippen LogP contribution in [-0.4, -0.2) is 25.3 Å². The van der Waals surface area contributed by atoms with Gasteiger partial charge in [0.1, 0.15) is 23.9 Å². The van der Waals surface area contributed by atoms with Gasteiger partial charge in [0.15, 0.2) is 11.5 Å². The van der Waals surface area contributed by atoms with Crippen molar-refractivity contribution in [1.82, 2.24) is 0 Å². The molecule has 0 fully saturated rings. The summed E-state index contributed by atoms with van der Waals surface area (Å²) in [6.45, 7) is 1.43. The molecular weight excluding hydrogens is 308 g/mol. The van der Waals surface area contributed by atoms with Gasteiger partial charge in [-0.15, -0.1) is 0 Å². The van der Waals surface area contributed by atoms with Crippen LogP contribution in [0.2, 0.25) is 0 Å². The highest BCUT2D eigenvalue weighted by Gasteiger charge is 2.27. The summed E-state index contributed by atoms with van der Waals surface area (Å²) in [7, 11) is 1.60. The zero-order valence-corrected chi connectivity index (χ0v) is 13.4. The zero-order valence-electron chi connectivity index (χ0n) is 13.4. The van der Waals surface area contributed by atoms with Gasteiger partial charge in [-0.05, 0) is 42.8 Å². The first kappa shape index (κ1) is 15.8. The van der Waals surface area contributed by atoms with Crippen LogP contribution in [0.1, 0.15) is 22.8 Å². The van der Waals surface area contributed by atoms with Crippen molar-refractivity contribution >= 4 is 17.6 Å². The first-order valence-electron chi connectivity index (χ1n) is 7.41. The lowest BCUT2D eigenvalue weighted by Crippen LogP contribution is -2.06. The molecule has 0 amide bonds. The molecule has 1 aliphatic heterocycles. The number of hydrogen-bond acceptors (Lipinski definition) is 5. The van der Waals surface area contributed by atoms with Crippen molar-refractivity contribution in [2.75, 3.05) is 13.7 Å². The summed E-state index contributed by atoms with van der Waals surface area (Å²) < 4.78 is 16.1. The number of carbonyl (C=O) groups excluding carboxylic acids is 2. The molecule has 0 aromatic heterocycles. The second-order valence-electron chi connectivity index (χ2n) is 5.36. The molecule has 3 rings (SSSR count). The molecular formula is C19H16O5. The Morgan fingerprint density at radius 3 is 2.50 bits per heavy atom. The Morgan fingerprint density at radius 2 is 1.83 bits per heavy atom. The van der Waals surface area contributed by atoms with Gasteiger partial charge in [-0.2, -0.15) is 0 Å². The minimum Gasteiger partial charge on any atom is -0.497 e. The van der Waals surface area contributed by atoms with E-state index in [1.165, 1.54) is 6.92 Å². The van der Waals surface area contributed by atoms with E-state index in [2.05, 4.69) is 0 Å². The third-order valence-electron chi connectivity index (χ3n) is 3.50. The molecule has 0 atom stereocenters. The molecule has 0 bridgehead atoms. The van der Waals surface area contributed by atoms with Crippen LogP contribution in [0.25, 0.3) is 6.08 Å². The second kappa shape index (κ2) is 6.58. The topological polar surface area (TPSA) is 61.8 Å². The van der Waals surface area contributed by atoms with Gasteiger partial charge in [-0.25, -0.2) is 0 Å². The van der Waals surface area contributed by atoms with Crippen LogP contribution in [0.4, 0.5) is 0 Å². The molecule has 0 radical (unpaired) electrons. The number of rotatable bonds is 5. The van der Waals surface area contributed by atoms with Gasteiger partial charge in [-0.1, -0.05) is 12.1 Å². The lowest BCUT2D eigenvalue weighted by Gasteiger charge is -2.05. The van der Waals surface area contributed by atoms with E-state index in [4.69, 9.17) is 14.2 Å². The molecule has 2 aromatic rings. The summed E-state index contributed by atoms with van der Waals surface area (Å²) in [4.78, 5) is 23.4. The fourth-order valence-electron chi connectivity index (χ4n) is 2.29. The van der Waals surface area contributed by atoms with E-state index in [1.807, 2.05) is 24.3 Å². The number of benzene rings is 2. The van der Waals surface area contributed by atoms with Crippen molar-refractivity contribution in [3.05, 3.63) is 59.4 Å². The van der Waals surface area contributed by atoms with Gasteiger partial charge in [0.25, 0.3) is 0 Å². The molecule has 0 N–H and O–H groups in total. The lowest BCUT2D eigenvalue weighted by molar-refractivity contribution is -0.118. The highest BCUT2D eigenvalue weighted by molar-refractivity contribution is 6.14. The normalized spacial score (nSPS) is 14.2. The fraction of sp³-hybridized carbons (Fsp3) is 0.158. The minimum absolute atomic E-state index is 0.0126. The first-order chi connectivity index (χ1) is 11.6. The number of Topliss-reactive ketones (excluding diaryl/α,β-unsaturated/α-hetero) is 2. The smallest absolute Gasteiger partial charge is 0.231 e. The Balaban J connectivity index is 1.81. The van der Waals surface area contributed by atoms with Crippen molar-refractivity contribution in [3.63, 3.8) is 0 Å². The molecule has 0 aliphatic carbocycles. The number of fused-ring (bicyclic) bond motifs is 1. The maximum Gasteiger partial charge on any atom is 0.231 e. The minimum atomic E-state index is -0.182. The second-order valence-corrected chi connectivity index (χ2v) is 5.36. The third kappa shape index (κ3) is 3.30. The van der Waals surface area contributed by atoms with E-state index in [0.717, 1.165) is 11.3 Å². The number of allylic oxidation sites excluding steroid dienone is 1. The van der Waals surface area contributed by atoms with Gasteiger partial charge in [0.2, 0.25) is 5.78 Å². The van der Waals surface area contributed by atoms with E-state index in [-0.39, 0.29) is 23.9 Å². The number of ketones is 2. The number of methoxy groups -OCH3 is 1. The van der Waals surface area contributed by atoms with Crippen LogP contribution in [0.15, 0.2) is 48.2 Å². The van der Waals surface area contributed by atoms with E-state index in [9.17, 15) is 9.59 Å². The fourth-order valence-corrected chi connectivity index (χ4v) is 2.29. The van der Waals surface area contributed by atoms with Gasteiger partial charge >= 0.3 is 0 Å². The van der Waals surface area contributed by atoms with Gasteiger partial charge in [0, 0.05) is 6.07 Å². The van der Waals surface area contributed by atoms with E-state index in [0.29, 0.717) is 17.1 Å². The molecule has 5 heteroatoms. The van der Waals surface area contributed by atoms with Crippen LogP contribution in [0, 0.1) is 0 Å². The summed E-state index contributed by atoms with van der Waals surface area (Å²) in [5.74, 6) is 1.65. The van der Waals surface area contributed by atoms with Crippen molar-refractivity contribution in [1.29, 1.82) is 0 Å². The van der Waals surface area contributed by atoms with Crippen molar-refractivity contribution in [2.45, 2.75) is 6.92 Å². The largest absolute Gasteiger partial charge is 0.497 e. The quantitative estimate of drug-likeness (QED) is 0.790. The molecule has 1 heterocycles. The molecule has 2 aromatic carbocycles. The Labute approximate surface area is 139 Å². The molecule has 0 saturated carbocycles. The molecule has 122 valence electrons. The average Bonchev–Trinajstić information content (AvgIpc) is 2.89. The highest BCUT2D eigenvalue weighted by Crippen LogP contribution is 2.35. The van der Waals surface area contributed by atoms with Crippen molar-refractivity contribution < 1.29 is 23.8 Å². The molecule has 0 unspecified atom stereocenters. The summed E-state index contributed by atoms with van der Waals surface area (Å²) in [6, 6.07) is 12.2. The Kier molecular flexibility index (Phi) is 4.33. The van der Waals surface area contributed by atoms with Crippen molar-refractivity contribution in [3.8, 4) is 17.2 Å². The SMILES string of the molecule is COc1ccc(/C=C2\Oc3cc(OCC(C)=O)ccc3C2=O)cc1. The molecule has 5 nitrogen and oxygen atoms in total. The van der Waals surface area contributed by atoms with Crippen LogP contribution >= 0.6 is 0 Å². The summed E-state index contributed by atoms with van der Waals surface area (Å²) in [5, 5.41) is 0. The monoisotopic (exact) mass is 324 g/mol. The van der Waals surface area contributed by atoms with Crippen LogP contribution < -0.4 is 14.2 Å². The maximum absolute atomic E-state index is 12.4. The molecule has 1 aliphatic rings. The summed E-state index contributed by atoms with van der Waals surface area (Å²) in [5.41, 5.74) is 1.31. The predicted octanol–water partition coefficient (Wildman–Crippen LogP) is 3.28. The Hall–Kier alpha value is -3.08. The van der Waals surface area contributed by atoms with Gasteiger partial charge < -0.3 is 14.2 Å². The standard InChI is InChI=1S/C19H16O5/c1-12(20)11-23-15-7-8-16-17(10-15)24-18(19(16)21)9-13-3-5-14(22-2)6-4-13/h3-10H,11H2,1-2H3/b18-9-. The Bertz CT molecular complexity index is 818. The summed E-state index contributed by atoms with van der Waals surface area (Å²) in [6.07, 6.45) is 1.68. The van der Waals surface area contributed by atoms with E-state index < -0.39 is 0 Å². The first-order valence-corrected chi connectivity index (χ1v) is 7.41. The highest BCUT2D eigenvalue weighted by atomic mass is 16.5.